The van der Waals surface area contributed by atoms with Gasteiger partial charge in [0.15, 0.2) is 0 Å². The van der Waals surface area contributed by atoms with Gasteiger partial charge in [-0.3, -0.25) is 4.79 Å². The van der Waals surface area contributed by atoms with E-state index in [2.05, 4.69) is 0 Å². The van der Waals surface area contributed by atoms with Crippen LogP contribution in [-0.4, -0.2) is 21.8 Å². The van der Waals surface area contributed by atoms with Crippen molar-refractivity contribution in [1.29, 1.82) is 0 Å². The number of rotatable bonds is 4. The fourth-order valence-electron chi connectivity index (χ4n) is 2.84. The van der Waals surface area contributed by atoms with Crippen LogP contribution in [0.25, 0.3) is 0 Å². The Morgan fingerprint density at radius 2 is 2.21 bits per heavy atom. The van der Waals surface area contributed by atoms with Gasteiger partial charge in [0.25, 0.3) is 0 Å². The second-order valence-corrected chi connectivity index (χ2v) is 4.29. The Hall–Kier alpha value is -0.570. The van der Waals surface area contributed by atoms with E-state index in [0.717, 1.165) is 19.3 Å². The Morgan fingerprint density at radius 1 is 1.57 bits per heavy atom. The third-order valence-corrected chi connectivity index (χ3v) is 3.64. The Bertz CT molecular complexity index is 215. The van der Waals surface area contributed by atoms with Gasteiger partial charge < -0.3 is 10.2 Å². The van der Waals surface area contributed by atoms with Crippen molar-refractivity contribution in [2.75, 3.05) is 0 Å². The minimum Gasteiger partial charge on any atom is -0.481 e. The van der Waals surface area contributed by atoms with Gasteiger partial charge in [0, 0.05) is 0 Å². The van der Waals surface area contributed by atoms with E-state index in [0.29, 0.717) is 12.8 Å². The summed E-state index contributed by atoms with van der Waals surface area (Å²) in [5.41, 5.74) is -0.949. The average molecular weight is 200 g/mol. The number of carboxylic acids is 1. The number of hydrogen-bond acceptors (Lipinski definition) is 2. The molecule has 1 rings (SSSR count). The van der Waals surface area contributed by atoms with E-state index in [1.165, 1.54) is 0 Å². The molecular formula is C11H20O3. The van der Waals surface area contributed by atoms with Crippen LogP contribution in [0, 0.1) is 11.8 Å². The van der Waals surface area contributed by atoms with E-state index >= 15 is 0 Å². The van der Waals surface area contributed by atoms with Gasteiger partial charge in [-0.2, -0.15) is 0 Å². The van der Waals surface area contributed by atoms with Crippen molar-refractivity contribution >= 4 is 5.97 Å². The summed E-state index contributed by atoms with van der Waals surface area (Å²) in [6.07, 6.45) is 3.97. The zero-order valence-corrected chi connectivity index (χ0v) is 8.99. The Morgan fingerprint density at radius 3 is 2.64 bits per heavy atom. The highest BCUT2D eigenvalue weighted by Gasteiger charge is 2.48. The molecule has 14 heavy (non-hydrogen) atoms. The lowest BCUT2D eigenvalue weighted by molar-refractivity contribution is -0.155. The molecule has 3 unspecified atom stereocenters. The zero-order chi connectivity index (χ0) is 10.8. The number of aliphatic carboxylic acids is 1. The van der Waals surface area contributed by atoms with Crippen molar-refractivity contribution in [3.63, 3.8) is 0 Å². The van der Waals surface area contributed by atoms with Crippen molar-refractivity contribution in [2.24, 2.45) is 11.8 Å². The molecular weight excluding hydrogens is 180 g/mol. The van der Waals surface area contributed by atoms with Crippen LogP contribution in [0.2, 0.25) is 0 Å². The lowest BCUT2D eigenvalue weighted by atomic mass is 9.76. The van der Waals surface area contributed by atoms with Gasteiger partial charge in [-0.05, 0) is 25.2 Å². The molecule has 2 N–H and O–H groups in total. The van der Waals surface area contributed by atoms with Gasteiger partial charge in [0.05, 0.1) is 11.5 Å². The standard InChI is InChI=1S/C11H20O3/c1-3-8-6-5-7-11(8,14)9(4-2)10(12)13/h8-9,14H,3-7H2,1-2H3,(H,12,13). The van der Waals surface area contributed by atoms with Crippen LogP contribution in [0.1, 0.15) is 46.0 Å². The van der Waals surface area contributed by atoms with Crippen LogP contribution in [0.15, 0.2) is 0 Å². The first-order chi connectivity index (χ1) is 6.56. The second kappa shape index (κ2) is 4.30. The maximum atomic E-state index is 11.0. The van der Waals surface area contributed by atoms with Gasteiger partial charge >= 0.3 is 5.97 Å². The molecule has 0 amide bonds. The summed E-state index contributed by atoms with van der Waals surface area (Å²) in [5.74, 6) is -1.27. The van der Waals surface area contributed by atoms with E-state index in [4.69, 9.17) is 5.11 Å². The molecule has 3 nitrogen and oxygen atoms in total. The van der Waals surface area contributed by atoms with E-state index in [-0.39, 0.29) is 5.92 Å². The topological polar surface area (TPSA) is 57.5 Å². The summed E-state index contributed by atoms with van der Waals surface area (Å²) in [5, 5.41) is 19.5. The highest BCUT2D eigenvalue weighted by Crippen LogP contribution is 2.43. The average Bonchev–Trinajstić information content (AvgIpc) is 2.47. The first-order valence-corrected chi connectivity index (χ1v) is 5.51. The molecule has 0 saturated heterocycles. The third kappa shape index (κ3) is 1.78. The molecule has 0 spiro atoms. The quantitative estimate of drug-likeness (QED) is 0.730. The van der Waals surface area contributed by atoms with Crippen molar-refractivity contribution in [1.82, 2.24) is 0 Å². The molecule has 3 heteroatoms. The predicted molar refractivity (Wildman–Crippen MR) is 54.0 cm³/mol. The van der Waals surface area contributed by atoms with Crippen LogP contribution in [-0.2, 0) is 4.79 Å². The van der Waals surface area contributed by atoms with E-state index in [1.54, 1.807) is 0 Å². The van der Waals surface area contributed by atoms with Crippen LogP contribution in [0.3, 0.4) is 0 Å². The number of hydrogen-bond donors (Lipinski definition) is 2. The summed E-state index contributed by atoms with van der Waals surface area (Å²) < 4.78 is 0. The molecule has 0 aliphatic heterocycles. The molecule has 0 bridgehead atoms. The molecule has 1 saturated carbocycles. The summed E-state index contributed by atoms with van der Waals surface area (Å²) in [4.78, 5) is 11.0. The summed E-state index contributed by atoms with van der Waals surface area (Å²) in [6.45, 7) is 3.86. The normalized spacial score (nSPS) is 34.4. The minimum absolute atomic E-state index is 0.170. The second-order valence-electron chi connectivity index (χ2n) is 4.29. The van der Waals surface area contributed by atoms with Crippen LogP contribution >= 0.6 is 0 Å². The van der Waals surface area contributed by atoms with E-state index < -0.39 is 17.5 Å². The fourth-order valence-corrected chi connectivity index (χ4v) is 2.84. The monoisotopic (exact) mass is 200 g/mol. The molecule has 0 radical (unpaired) electrons. The molecule has 0 aromatic heterocycles. The maximum absolute atomic E-state index is 11.0. The SMILES string of the molecule is CCC1CCCC1(O)C(CC)C(=O)O. The van der Waals surface area contributed by atoms with Crippen LogP contribution in [0.4, 0.5) is 0 Å². The van der Waals surface area contributed by atoms with Crippen LogP contribution < -0.4 is 0 Å². The van der Waals surface area contributed by atoms with E-state index in [9.17, 15) is 9.90 Å². The van der Waals surface area contributed by atoms with Crippen molar-refractivity contribution in [3.8, 4) is 0 Å². The Balaban J connectivity index is 2.85. The van der Waals surface area contributed by atoms with Crippen molar-refractivity contribution in [3.05, 3.63) is 0 Å². The summed E-state index contributed by atoms with van der Waals surface area (Å²) in [6, 6.07) is 0. The van der Waals surface area contributed by atoms with Crippen molar-refractivity contribution in [2.45, 2.75) is 51.6 Å². The molecule has 1 aliphatic carbocycles. The summed E-state index contributed by atoms with van der Waals surface area (Å²) in [7, 11) is 0. The smallest absolute Gasteiger partial charge is 0.309 e. The third-order valence-electron chi connectivity index (χ3n) is 3.64. The molecule has 0 aromatic carbocycles. The number of aliphatic hydroxyl groups is 1. The van der Waals surface area contributed by atoms with Crippen molar-refractivity contribution < 1.29 is 15.0 Å². The van der Waals surface area contributed by atoms with E-state index in [1.807, 2.05) is 13.8 Å². The highest BCUT2D eigenvalue weighted by molar-refractivity contribution is 5.71. The van der Waals surface area contributed by atoms with Gasteiger partial charge in [0.2, 0.25) is 0 Å². The molecule has 82 valence electrons. The lowest BCUT2D eigenvalue weighted by Crippen LogP contribution is -2.45. The molecule has 0 aromatic rings. The predicted octanol–water partition coefficient (Wildman–Crippen LogP) is 2.04. The Kier molecular flexibility index (Phi) is 3.53. The first kappa shape index (κ1) is 11.5. The van der Waals surface area contributed by atoms with Gasteiger partial charge in [-0.15, -0.1) is 0 Å². The largest absolute Gasteiger partial charge is 0.481 e. The molecule has 0 heterocycles. The minimum atomic E-state index is -0.949. The maximum Gasteiger partial charge on any atom is 0.309 e. The fraction of sp³-hybridized carbons (Fsp3) is 0.909. The first-order valence-electron chi connectivity index (χ1n) is 5.51. The van der Waals surface area contributed by atoms with Gasteiger partial charge in [-0.25, -0.2) is 0 Å². The highest BCUT2D eigenvalue weighted by atomic mass is 16.4. The van der Waals surface area contributed by atoms with Crippen LogP contribution in [0.5, 0.6) is 0 Å². The molecule has 1 fully saturated rings. The number of carbonyl (C=O) groups is 1. The Labute approximate surface area is 85.1 Å². The molecule has 1 aliphatic rings. The van der Waals surface area contributed by atoms with Gasteiger partial charge in [-0.1, -0.05) is 26.7 Å². The summed E-state index contributed by atoms with van der Waals surface area (Å²) >= 11 is 0. The zero-order valence-electron chi connectivity index (χ0n) is 8.99. The molecule has 3 atom stereocenters. The number of carboxylic acid groups (broad SMARTS) is 1. The van der Waals surface area contributed by atoms with Gasteiger partial charge in [0.1, 0.15) is 0 Å². The lowest BCUT2D eigenvalue weighted by Gasteiger charge is -2.34.